The number of pyridine rings is 1. The fourth-order valence-electron chi connectivity index (χ4n) is 2.56. The van der Waals surface area contributed by atoms with Gasteiger partial charge in [0.2, 0.25) is 0 Å². The number of imidazole rings is 1. The minimum Gasteiger partial charge on any atom is -0.338 e. The summed E-state index contributed by atoms with van der Waals surface area (Å²) >= 11 is 0. The molecule has 0 spiro atoms. The maximum absolute atomic E-state index is 12.6. The van der Waals surface area contributed by atoms with Crippen molar-refractivity contribution in [1.29, 1.82) is 0 Å². The van der Waals surface area contributed by atoms with E-state index in [-0.39, 0.29) is 5.56 Å². The molecule has 0 aliphatic rings. The molecule has 0 radical (unpaired) electrons. The van der Waals surface area contributed by atoms with Crippen LogP contribution < -0.4 is 10.9 Å². The molecular formula is C18H18N4O2. The molecule has 6 heteroatoms. The van der Waals surface area contributed by atoms with Crippen LogP contribution in [0.3, 0.4) is 0 Å². The molecule has 1 unspecified atom stereocenters. The highest BCUT2D eigenvalue weighted by Crippen LogP contribution is 2.20. The van der Waals surface area contributed by atoms with Crippen molar-refractivity contribution in [1.82, 2.24) is 19.9 Å². The van der Waals surface area contributed by atoms with E-state index in [0.717, 1.165) is 5.56 Å². The van der Waals surface area contributed by atoms with E-state index in [1.807, 2.05) is 48.1 Å². The molecule has 0 aliphatic carbocycles. The van der Waals surface area contributed by atoms with Crippen molar-refractivity contribution in [3.63, 3.8) is 0 Å². The van der Waals surface area contributed by atoms with Gasteiger partial charge >= 0.3 is 0 Å². The number of carbonyl (C=O) groups is 1. The van der Waals surface area contributed by atoms with Gasteiger partial charge in [-0.15, -0.1) is 0 Å². The second-order valence-electron chi connectivity index (χ2n) is 5.60. The zero-order chi connectivity index (χ0) is 17.1. The van der Waals surface area contributed by atoms with E-state index in [1.165, 1.54) is 6.07 Å². The Bertz CT molecular complexity index is 912. The first-order chi connectivity index (χ1) is 11.6. The molecule has 2 aromatic heterocycles. The number of nitrogens with zero attached hydrogens (tertiary/aromatic N) is 2. The number of benzene rings is 1. The number of amides is 1. The van der Waals surface area contributed by atoms with E-state index in [4.69, 9.17) is 0 Å². The first-order valence-electron chi connectivity index (χ1n) is 7.59. The molecular weight excluding hydrogens is 304 g/mol. The number of hydrogen-bond acceptors (Lipinski definition) is 3. The average molecular weight is 322 g/mol. The van der Waals surface area contributed by atoms with Crippen LogP contribution in [-0.4, -0.2) is 20.4 Å². The number of rotatable bonds is 4. The molecule has 1 atom stereocenters. The Morgan fingerprint density at radius 1 is 1.21 bits per heavy atom. The van der Waals surface area contributed by atoms with Crippen LogP contribution in [0, 0.1) is 6.92 Å². The van der Waals surface area contributed by atoms with Gasteiger partial charge in [0.15, 0.2) is 0 Å². The van der Waals surface area contributed by atoms with Crippen LogP contribution >= 0.6 is 0 Å². The fourth-order valence-corrected chi connectivity index (χ4v) is 2.56. The maximum Gasteiger partial charge on any atom is 0.260 e. The van der Waals surface area contributed by atoms with Crippen LogP contribution in [0.2, 0.25) is 0 Å². The van der Waals surface area contributed by atoms with Crippen molar-refractivity contribution in [2.75, 3.05) is 0 Å². The molecule has 0 aliphatic heterocycles. The SMILES string of the molecule is Cc1ccc(C(=O)NC(c2ccccc2)c2nccn2C)c(=O)[nH]1. The Labute approximate surface area is 139 Å². The predicted octanol–water partition coefficient (Wildman–Crippen LogP) is 1.94. The smallest absolute Gasteiger partial charge is 0.260 e. The number of hydrogen-bond donors (Lipinski definition) is 2. The monoisotopic (exact) mass is 322 g/mol. The third kappa shape index (κ3) is 3.12. The molecule has 24 heavy (non-hydrogen) atoms. The van der Waals surface area contributed by atoms with E-state index >= 15 is 0 Å². The van der Waals surface area contributed by atoms with Crippen molar-refractivity contribution in [2.45, 2.75) is 13.0 Å². The van der Waals surface area contributed by atoms with Gasteiger partial charge in [0.25, 0.3) is 11.5 Å². The summed E-state index contributed by atoms with van der Waals surface area (Å²) in [6, 6.07) is 12.3. The van der Waals surface area contributed by atoms with Gasteiger partial charge in [-0.2, -0.15) is 0 Å². The third-order valence-electron chi connectivity index (χ3n) is 3.82. The lowest BCUT2D eigenvalue weighted by atomic mass is 10.1. The topological polar surface area (TPSA) is 79.8 Å². The summed E-state index contributed by atoms with van der Waals surface area (Å²) in [6.07, 6.45) is 3.49. The first kappa shape index (κ1) is 15.7. The maximum atomic E-state index is 12.6. The highest BCUT2D eigenvalue weighted by atomic mass is 16.2. The van der Waals surface area contributed by atoms with Crippen LogP contribution in [0.5, 0.6) is 0 Å². The number of aromatic nitrogens is 3. The number of nitrogens with one attached hydrogen (secondary N) is 2. The van der Waals surface area contributed by atoms with E-state index < -0.39 is 17.5 Å². The first-order valence-corrected chi connectivity index (χ1v) is 7.59. The van der Waals surface area contributed by atoms with Crippen LogP contribution in [-0.2, 0) is 7.05 Å². The molecule has 0 saturated carbocycles. The quantitative estimate of drug-likeness (QED) is 0.770. The van der Waals surface area contributed by atoms with Crippen LogP contribution in [0.4, 0.5) is 0 Å². The average Bonchev–Trinajstić information content (AvgIpc) is 2.99. The highest BCUT2D eigenvalue weighted by Gasteiger charge is 2.22. The molecule has 122 valence electrons. The zero-order valence-electron chi connectivity index (χ0n) is 13.5. The summed E-state index contributed by atoms with van der Waals surface area (Å²) in [5.74, 6) is 0.256. The molecule has 3 aromatic rings. The number of H-pyrrole nitrogens is 1. The molecule has 0 bridgehead atoms. The molecule has 2 heterocycles. The van der Waals surface area contributed by atoms with Crippen molar-refractivity contribution < 1.29 is 4.79 Å². The number of aromatic amines is 1. The summed E-state index contributed by atoms with van der Waals surface area (Å²) < 4.78 is 1.84. The number of carbonyl (C=O) groups excluding carboxylic acids is 1. The van der Waals surface area contributed by atoms with E-state index in [1.54, 1.807) is 19.2 Å². The van der Waals surface area contributed by atoms with Crippen LogP contribution in [0.1, 0.15) is 33.5 Å². The Morgan fingerprint density at radius 3 is 2.58 bits per heavy atom. The lowest BCUT2D eigenvalue weighted by Crippen LogP contribution is -2.34. The van der Waals surface area contributed by atoms with Crippen molar-refractivity contribution in [3.05, 3.63) is 87.9 Å². The van der Waals surface area contributed by atoms with Crippen molar-refractivity contribution >= 4 is 5.91 Å². The lowest BCUT2D eigenvalue weighted by Gasteiger charge is -2.19. The minimum atomic E-state index is -0.445. The minimum absolute atomic E-state index is 0.0794. The molecule has 0 fully saturated rings. The molecule has 1 aromatic carbocycles. The third-order valence-corrected chi connectivity index (χ3v) is 3.82. The van der Waals surface area contributed by atoms with E-state index in [0.29, 0.717) is 11.5 Å². The molecule has 0 saturated heterocycles. The lowest BCUT2D eigenvalue weighted by molar-refractivity contribution is 0.0939. The second-order valence-corrected chi connectivity index (χ2v) is 5.60. The number of aryl methyl sites for hydroxylation is 2. The van der Waals surface area contributed by atoms with Gasteiger partial charge in [-0.05, 0) is 24.6 Å². The van der Waals surface area contributed by atoms with Crippen molar-refractivity contribution in [2.24, 2.45) is 7.05 Å². The normalized spacial score (nSPS) is 11.9. The summed E-state index contributed by atoms with van der Waals surface area (Å²) in [6.45, 7) is 1.77. The summed E-state index contributed by atoms with van der Waals surface area (Å²) in [5, 5.41) is 2.91. The summed E-state index contributed by atoms with van der Waals surface area (Å²) in [7, 11) is 1.86. The van der Waals surface area contributed by atoms with Gasteiger partial charge in [0, 0.05) is 25.1 Å². The van der Waals surface area contributed by atoms with Gasteiger partial charge in [-0.1, -0.05) is 30.3 Å². The summed E-state index contributed by atoms with van der Waals surface area (Å²) in [4.78, 5) is 31.6. The Balaban J connectivity index is 1.97. The Kier molecular flexibility index (Phi) is 4.29. The Hall–Kier alpha value is -3.15. The van der Waals surface area contributed by atoms with Gasteiger partial charge in [-0.25, -0.2) is 4.98 Å². The molecule has 1 amide bonds. The summed E-state index contributed by atoms with van der Waals surface area (Å²) in [5.41, 5.74) is 1.28. The molecule has 2 N–H and O–H groups in total. The molecule has 3 rings (SSSR count). The van der Waals surface area contributed by atoms with E-state index in [2.05, 4.69) is 15.3 Å². The van der Waals surface area contributed by atoms with E-state index in [9.17, 15) is 9.59 Å². The fraction of sp³-hybridized carbons (Fsp3) is 0.167. The van der Waals surface area contributed by atoms with Gasteiger partial charge in [0.1, 0.15) is 17.4 Å². The zero-order valence-corrected chi connectivity index (χ0v) is 13.5. The standard InChI is InChI=1S/C18H18N4O2/c1-12-8-9-14(17(23)20-12)18(24)21-15(13-6-4-3-5-7-13)16-19-10-11-22(16)2/h3-11,15H,1-2H3,(H,20,23)(H,21,24). The van der Waals surface area contributed by atoms with Crippen LogP contribution in [0.25, 0.3) is 0 Å². The second kappa shape index (κ2) is 6.54. The van der Waals surface area contributed by atoms with Crippen LogP contribution in [0.15, 0.2) is 59.7 Å². The van der Waals surface area contributed by atoms with Gasteiger partial charge in [0.05, 0.1) is 0 Å². The predicted molar refractivity (Wildman–Crippen MR) is 90.8 cm³/mol. The Morgan fingerprint density at radius 2 is 1.96 bits per heavy atom. The molecule has 6 nitrogen and oxygen atoms in total. The highest BCUT2D eigenvalue weighted by molar-refractivity contribution is 5.94. The largest absolute Gasteiger partial charge is 0.338 e. The van der Waals surface area contributed by atoms with Gasteiger partial charge < -0.3 is 14.9 Å². The van der Waals surface area contributed by atoms with Gasteiger partial charge in [-0.3, -0.25) is 9.59 Å². The van der Waals surface area contributed by atoms with Crippen molar-refractivity contribution in [3.8, 4) is 0 Å².